The van der Waals surface area contributed by atoms with E-state index in [-0.39, 0.29) is 0 Å². The summed E-state index contributed by atoms with van der Waals surface area (Å²) in [5.74, 6) is 0.978. The fourth-order valence-corrected chi connectivity index (χ4v) is 2.74. The molecule has 0 saturated carbocycles. The number of rotatable bonds is 3. The second kappa shape index (κ2) is 5.09. The van der Waals surface area contributed by atoms with Crippen LogP contribution in [0.25, 0.3) is 0 Å². The second-order valence-electron chi connectivity index (χ2n) is 5.49. The highest BCUT2D eigenvalue weighted by molar-refractivity contribution is 5.43. The Morgan fingerprint density at radius 1 is 1.41 bits per heavy atom. The van der Waals surface area contributed by atoms with Crippen LogP contribution in [0.4, 0.5) is 0 Å². The minimum Gasteiger partial charge on any atom is -0.508 e. The number of hydrogen-bond acceptors (Lipinski definition) is 2. The molecule has 2 N–H and O–H groups in total. The van der Waals surface area contributed by atoms with Crippen LogP contribution in [0, 0.1) is 6.92 Å². The maximum atomic E-state index is 10.0. The summed E-state index contributed by atoms with van der Waals surface area (Å²) in [5, 5.41) is 13.5. The van der Waals surface area contributed by atoms with Gasteiger partial charge in [-0.3, -0.25) is 0 Å². The van der Waals surface area contributed by atoms with Crippen molar-refractivity contribution in [3.05, 3.63) is 28.8 Å². The van der Waals surface area contributed by atoms with Crippen LogP contribution in [-0.2, 0) is 6.42 Å². The molecule has 17 heavy (non-hydrogen) atoms. The summed E-state index contributed by atoms with van der Waals surface area (Å²) < 4.78 is 0. The Bertz CT molecular complexity index is 392. The topological polar surface area (TPSA) is 32.3 Å². The van der Waals surface area contributed by atoms with E-state index in [1.165, 1.54) is 24.0 Å². The Kier molecular flexibility index (Phi) is 3.72. The molecule has 2 nitrogen and oxygen atoms in total. The first-order valence-electron chi connectivity index (χ1n) is 6.63. The summed E-state index contributed by atoms with van der Waals surface area (Å²) in [6.45, 7) is 7.61. The molecule has 1 aromatic carbocycles. The molecular weight excluding hydrogens is 210 g/mol. The molecule has 0 radical (unpaired) electrons. The van der Waals surface area contributed by atoms with Gasteiger partial charge in [0.1, 0.15) is 5.75 Å². The molecule has 2 heteroatoms. The third kappa shape index (κ3) is 2.81. The molecule has 0 amide bonds. The maximum Gasteiger partial charge on any atom is 0.119 e. The van der Waals surface area contributed by atoms with Crippen LogP contribution in [0.2, 0.25) is 0 Å². The zero-order valence-corrected chi connectivity index (χ0v) is 11.1. The van der Waals surface area contributed by atoms with E-state index in [0.717, 1.165) is 18.5 Å². The molecule has 94 valence electrons. The predicted octanol–water partition coefficient (Wildman–Crippen LogP) is 3.12. The zero-order chi connectivity index (χ0) is 12.4. The van der Waals surface area contributed by atoms with E-state index >= 15 is 0 Å². The van der Waals surface area contributed by atoms with Crippen LogP contribution >= 0.6 is 0 Å². The van der Waals surface area contributed by atoms with E-state index in [4.69, 9.17) is 0 Å². The summed E-state index contributed by atoms with van der Waals surface area (Å²) in [7, 11) is 0. The number of nitrogens with one attached hydrogen (secondary N) is 1. The van der Waals surface area contributed by atoms with Crippen molar-refractivity contribution in [3.8, 4) is 5.75 Å². The van der Waals surface area contributed by atoms with Crippen molar-refractivity contribution in [2.24, 2.45) is 0 Å². The van der Waals surface area contributed by atoms with Gasteiger partial charge in [-0.05, 0) is 61.4 Å². The van der Waals surface area contributed by atoms with Crippen molar-refractivity contribution >= 4 is 0 Å². The van der Waals surface area contributed by atoms with Crippen LogP contribution in [0.1, 0.15) is 49.3 Å². The van der Waals surface area contributed by atoms with E-state index in [9.17, 15) is 5.11 Å². The van der Waals surface area contributed by atoms with Gasteiger partial charge in [-0.2, -0.15) is 0 Å². The lowest BCUT2D eigenvalue weighted by Gasteiger charge is -2.16. The van der Waals surface area contributed by atoms with Crippen molar-refractivity contribution < 1.29 is 5.11 Å². The Labute approximate surface area is 104 Å². The van der Waals surface area contributed by atoms with E-state index in [0.29, 0.717) is 17.7 Å². The molecule has 1 aromatic rings. The Balaban J connectivity index is 2.23. The zero-order valence-electron chi connectivity index (χ0n) is 11.1. The quantitative estimate of drug-likeness (QED) is 0.840. The van der Waals surface area contributed by atoms with Crippen molar-refractivity contribution in [2.45, 2.75) is 52.0 Å². The number of phenols is 1. The van der Waals surface area contributed by atoms with Gasteiger partial charge in [0, 0.05) is 6.04 Å². The monoisotopic (exact) mass is 233 g/mol. The first-order chi connectivity index (χ1) is 8.08. The molecule has 0 aliphatic carbocycles. The molecular formula is C15H23NO. The van der Waals surface area contributed by atoms with Gasteiger partial charge in [0.2, 0.25) is 0 Å². The van der Waals surface area contributed by atoms with Crippen molar-refractivity contribution in [1.29, 1.82) is 0 Å². The first kappa shape index (κ1) is 12.4. The average Bonchev–Trinajstić information content (AvgIpc) is 2.74. The third-order valence-corrected chi connectivity index (χ3v) is 3.72. The number of hydrogen-bond donors (Lipinski definition) is 2. The molecule has 1 unspecified atom stereocenters. The van der Waals surface area contributed by atoms with Crippen LogP contribution in [-0.4, -0.2) is 17.7 Å². The van der Waals surface area contributed by atoms with Crippen LogP contribution in [0.5, 0.6) is 5.75 Å². The highest BCUT2D eigenvalue weighted by atomic mass is 16.3. The van der Waals surface area contributed by atoms with E-state index in [1.807, 2.05) is 6.07 Å². The molecule has 1 saturated heterocycles. The lowest BCUT2D eigenvalue weighted by molar-refractivity contribution is 0.461. The molecule has 0 aromatic heterocycles. The summed E-state index contributed by atoms with van der Waals surface area (Å²) in [4.78, 5) is 0. The van der Waals surface area contributed by atoms with Crippen molar-refractivity contribution in [3.63, 3.8) is 0 Å². The number of aryl methyl sites for hydroxylation is 1. The Hall–Kier alpha value is -1.02. The van der Waals surface area contributed by atoms with Gasteiger partial charge in [0.15, 0.2) is 0 Å². The normalized spacial score (nSPS) is 20.1. The van der Waals surface area contributed by atoms with Gasteiger partial charge in [0.05, 0.1) is 0 Å². The maximum absolute atomic E-state index is 10.0. The standard InChI is InChI=1S/C15H23NO/c1-10(2)14-9-12(15(17)7-11(14)3)8-13-5-4-6-16-13/h7,9-10,13,16-17H,4-6,8H2,1-3H3. The highest BCUT2D eigenvalue weighted by Crippen LogP contribution is 2.28. The summed E-state index contributed by atoms with van der Waals surface area (Å²) in [6, 6.07) is 4.65. The minimum absolute atomic E-state index is 0.459. The number of aromatic hydroxyl groups is 1. The van der Waals surface area contributed by atoms with Crippen LogP contribution in [0.15, 0.2) is 12.1 Å². The lowest BCUT2D eigenvalue weighted by Crippen LogP contribution is -2.23. The van der Waals surface area contributed by atoms with Crippen LogP contribution in [0.3, 0.4) is 0 Å². The summed E-state index contributed by atoms with van der Waals surface area (Å²) in [5.41, 5.74) is 3.65. The summed E-state index contributed by atoms with van der Waals surface area (Å²) >= 11 is 0. The predicted molar refractivity (Wildman–Crippen MR) is 71.7 cm³/mol. The molecule has 2 rings (SSSR count). The van der Waals surface area contributed by atoms with E-state index in [2.05, 4.69) is 32.2 Å². The smallest absolute Gasteiger partial charge is 0.119 e. The van der Waals surface area contributed by atoms with Gasteiger partial charge in [-0.1, -0.05) is 19.9 Å². The Morgan fingerprint density at radius 3 is 2.76 bits per heavy atom. The largest absolute Gasteiger partial charge is 0.508 e. The highest BCUT2D eigenvalue weighted by Gasteiger charge is 2.17. The van der Waals surface area contributed by atoms with Gasteiger partial charge in [0.25, 0.3) is 0 Å². The van der Waals surface area contributed by atoms with Gasteiger partial charge in [-0.15, -0.1) is 0 Å². The molecule has 0 bridgehead atoms. The molecule has 0 spiro atoms. The minimum atomic E-state index is 0.459. The molecule has 1 heterocycles. The van der Waals surface area contributed by atoms with Gasteiger partial charge < -0.3 is 10.4 Å². The SMILES string of the molecule is Cc1cc(O)c(CC2CCCN2)cc1C(C)C. The number of benzene rings is 1. The summed E-state index contributed by atoms with van der Waals surface area (Å²) in [6.07, 6.45) is 3.44. The average molecular weight is 233 g/mol. The molecule has 1 atom stereocenters. The van der Waals surface area contributed by atoms with Gasteiger partial charge >= 0.3 is 0 Å². The third-order valence-electron chi connectivity index (χ3n) is 3.72. The van der Waals surface area contributed by atoms with Gasteiger partial charge in [-0.25, -0.2) is 0 Å². The first-order valence-corrected chi connectivity index (χ1v) is 6.63. The van der Waals surface area contributed by atoms with Crippen LogP contribution < -0.4 is 5.32 Å². The fraction of sp³-hybridized carbons (Fsp3) is 0.600. The molecule has 1 aliphatic heterocycles. The Morgan fingerprint density at radius 2 is 2.18 bits per heavy atom. The van der Waals surface area contributed by atoms with Crippen molar-refractivity contribution in [1.82, 2.24) is 5.32 Å². The van der Waals surface area contributed by atoms with E-state index < -0.39 is 0 Å². The number of phenolic OH excluding ortho intramolecular Hbond substituents is 1. The molecule has 1 fully saturated rings. The molecule has 1 aliphatic rings. The second-order valence-corrected chi connectivity index (χ2v) is 5.49. The van der Waals surface area contributed by atoms with Crippen molar-refractivity contribution in [2.75, 3.05) is 6.54 Å². The fourth-order valence-electron chi connectivity index (χ4n) is 2.74. The lowest BCUT2D eigenvalue weighted by atomic mass is 9.92. The van der Waals surface area contributed by atoms with E-state index in [1.54, 1.807) is 0 Å².